The lowest BCUT2D eigenvalue weighted by Gasteiger charge is -2.19. The molecule has 0 fully saturated rings. The van der Waals surface area contributed by atoms with Crippen LogP contribution in [0.5, 0.6) is 0 Å². The van der Waals surface area contributed by atoms with E-state index in [1.54, 1.807) is 24.3 Å². The maximum Gasteiger partial charge on any atom is 0.251 e. The SMILES string of the molecule is CS(=O)(=O)Nc1ccc(C(=O)NCc2ccc(CN3CCc4ccccc43)cc2)cc1. The average molecular weight is 436 g/mol. The lowest BCUT2D eigenvalue weighted by molar-refractivity contribution is 0.0951. The predicted octanol–water partition coefficient (Wildman–Crippen LogP) is 3.55. The van der Waals surface area contributed by atoms with E-state index in [-0.39, 0.29) is 5.91 Å². The van der Waals surface area contributed by atoms with Gasteiger partial charge in [0, 0.05) is 36.6 Å². The number of sulfonamides is 1. The molecule has 4 rings (SSSR count). The highest BCUT2D eigenvalue weighted by Crippen LogP contribution is 2.28. The molecule has 160 valence electrons. The van der Waals surface area contributed by atoms with Gasteiger partial charge >= 0.3 is 0 Å². The Hall–Kier alpha value is -3.32. The second-order valence-corrected chi connectivity index (χ2v) is 9.50. The van der Waals surface area contributed by atoms with Crippen molar-refractivity contribution in [2.24, 2.45) is 0 Å². The van der Waals surface area contributed by atoms with E-state index < -0.39 is 10.0 Å². The van der Waals surface area contributed by atoms with Crippen LogP contribution >= 0.6 is 0 Å². The normalized spacial score (nSPS) is 13.0. The summed E-state index contributed by atoms with van der Waals surface area (Å²) < 4.78 is 24.9. The Bertz CT molecular complexity index is 1170. The molecular weight excluding hydrogens is 410 g/mol. The summed E-state index contributed by atoms with van der Waals surface area (Å²) in [4.78, 5) is 14.8. The van der Waals surface area contributed by atoms with E-state index >= 15 is 0 Å². The number of carbonyl (C=O) groups is 1. The van der Waals surface area contributed by atoms with E-state index in [2.05, 4.69) is 51.3 Å². The number of amides is 1. The van der Waals surface area contributed by atoms with Crippen molar-refractivity contribution in [1.29, 1.82) is 0 Å². The molecule has 0 saturated heterocycles. The number of para-hydroxylation sites is 1. The van der Waals surface area contributed by atoms with Crippen LogP contribution in [0.4, 0.5) is 11.4 Å². The molecule has 2 N–H and O–H groups in total. The molecule has 6 nitrogen and oxygen atoms in total. The third kappa shape index (κ3) is 5.44. The van der Waals surface area contributed by atoms with Crippen molar-refractivity contribution in [2.75, 3.05) is 22.4 Å². The van der Waals surface area contributed by atoms with Gasteiger partial charge in [-0.1, -0.05) is 42.5 Å². The summed E-state index contributed by atoms with van der Waals surface area (Å²) in [5.41, 5.74) is 5.88. The van der Waals surface area contributed by atoms with Gasteiger partial charge in [-0.3, -0.25) is 9.52 Å². The van der Waals surface area contributed by atoms with Gasteiger partial charge in [0.25, 0.3) is 5.91 Å². The van der Waals surface area contributed by atoms with Crippen molar-refractivity contribution >= 4 is 27.3 Å². The fourth-order valence-electron chi connectivity index (χ4n) is 3.74. The van der Waals surface area contributed by atoms with E-state index in [0.29, 0.717) is 17.8 Å². The van der Waals surface area contributed by atoms with Gasteiger partial charge in [-0.25, -0.2) is 8.42 Å². The van der Waals surface area contributed by atoms with Crippen LogP contribution in [0.1, 0.15) is 27.0 Å². The van der Waals surface area contributed by atoms with Crippen molar-refractivity contribution in [3.8, 4) is 0 Å². The average Bonchev–Trinajstić information content (AvgIpc) is 3.15. The minimum atomic E-state index is -3.34. The Morgan fingerprint density at radius 2 is 1.61 bits per heavy atom. The van der Waals surface area contributed by atoms with E-state index in [9.17, 15) is 13.2 Å². The van der Waals surface area contributed by atoms with Crippen LogP contribution in [0.25, 0.3) is 0 Å². The van der Waals surface area contributed by atoms with Crippen molar-refractivity contribution in [3.05, 3.63) is 95.1 Å². The van der Waals surface area contributed by atoms with Gasteiger partial charge in [0.15, 0.2) is 0 Å². The zero-order chi connectivity index (χ0) is 21.8. The fourth-order valence-corrected chi connectivity index (χ4v) is 4.31. The molecule has 0 aliphatic carbocycles. The van der Waals surface area contributed by atoms with Crippen LogP contribution in [-0.4, -0.2) is 27.1 Å². The van der Waals surface area contributed by atoms with Gasteiger partial charge in [0.2, 0.25) is 10.0 Å². The number of carbonyl (C=O) groups excluding carboxylic acids is 1. The lowest BCUT2D eigenvalue weighted by Crippen LogP contribution is -2.23. The smallest absolute Gasteiger partial charge is 0.251 e. The molecule has 0 spiro atoms. The first-order valence-electron chi connectivity index (χ1n) is 10.1. The van der Waals surface area contributed by atoms with Crippen LogP contribution in [0.2, 0.25) is 0 Å². The first-order chi connectivity index (χ1) is 14.9. The van der Waals surface area contributed by atoms with Crippen LogP contribution in [0.3, 0.4) is 0 Å². The minimum Gasteiger partial charge on any atom is -0.367 e. The summed E-state index contributed by atoms with van der Waals surface area (Å²) in [6.45, 7) is 2.34. The van der Waals surface area contributed by atoms with Crippen LogP contribution in [-0.2, 0) is 29.5 Å². The molecule has 0 aromatic heterocycles. The second kappa shape index (κ2) is 8.81. The van der Waals surface area contributed by atoms with E-state index in [4.69, 9.17) is 0 Å². The zero-order valence-corrected chi connectivity index (χ0v) is 18.2. The van der Waals surface area contributed by atoms with Gasteiger partial charge in [0.05, 0.1) is 6.26 Å². The number of rotatable bonds is 7. The highest BCUT2D eigenvalue weighted by atomic mass is 32.2. The number of hydrogen-bond acceptors (Lipinski definition) is 4. The van der Waals surface area contributed by atoms with Crippen molar-refractivity contribution < 1.29 is 13.2 Å². The van der Waals surface area contributed by atoms with Crippen molar-refractivity contribution in [3.63, 3.8) is 0 Å². The van der Waals surface area contributed by atoms with Gasteiger partial charge < -0.3 is 10.2 Å². The molecule has 1 amide bonds. The van der Waals surface area contributed by atoms with Crippen molar-refractivity contribution in [2.45, 2.75) is 19.5 Å². The topological polar surface area (TPSA) is 78.5 Å². The summed E-state index contributed by atoms with van der Waals surface area (Å²) in [5, 5.41) is 2.90. The standard InChI is InChI=1S/C24H25N3O3S/c1-31(29,30)26-22-12-10-21(11-13-22)24(28)25-16-18-6-8-19(9-7-18)17-27-15-14-20-4-2-3-5-23(20)27/h2-13,26H,14-17H2,1H3,(H,25,28). The molecule has 1 aliphatic rings. The fraction of sp³-hybridized carbons (Fsp3) is 0.208. The molecule has 31 heavy (non-hydrogen) atoms. The Balaban J connectivity index is 1.31. The number of nitrogens with zero attached hydrogens (tertiary/aromatic N) is 1. The van der Waals surface area contributed by atoms with E-state index in [1.807, 2.05) is 12.1 Å². The molecule has 0 bridgehead atoms. The maximum absolute atomic E-state index is 12.4. The number of hydrogen-bond donors (Lipinski definition) is 2. The van der Waals surface area contributed by atoms with Crippen LogP contribution in [0.15, 0.2) is 72.8 Å². The Morgan fingerprint density at radius 1 is 0.935 bits per heavy atom. The molecular formula is C24H25N3O3S. The van der Waals surface area contributed by atoms with Crippen molar-refractivity contribution in [1.82, 2.24) is 5.32 Å². The second-order valence-electron chi connectivity index (χ2n) is 7.75. The molecule has 0 unspecified atom stereocenters. The Morgan fingerprint density at radius 3 is 2.32 bits per heavy atom. The van der Waals surface area contributed by atoms with Crippen LogP contribution in [0, 0.1) is 0 Å². The number of nitrogens with one attached hydrogen (secondary N) is 2. The third-order valence-electron chi connectivity index (χ3n) is 5.28. The Kier molecular flexibility index (Phi) is 5.95. The third-order valence-corrected chi connectivity index (χ3v) is 5.89. The van der Waals surface area contributed by atoms with E-state index in [0.717, 1.165) is 31.3 Å². The molecule has 0 radical (unpaired) electrons. The number of benzene rings is 3. The summed E-state index contributed by atoms with van der Waals surface area (Å²) in [6.07, 6.45) is 2.18. The highest BCUT2D eigenvalue weighted by molar-refractivity contribution is 7.92. The lowest BCUT2D eigenvalue weighted by atomic mass is 10.1. The summed E-state index contributed by atoms with van der Waals surface area (Å²) >= 11 is 0. The summed E-state index contributed by atoms with van der Waals surface area (Å²) in [5.74, 6) is -0.205. The van der Waals surface area contributed by atoms with Gasteiger partial charge in [0.1, 0.15) is 0 Å². The zero-order valence-electron chi connectivity index (χ0n) is 17.3. The summed E-state index contributed by atoms with van der Waals surface area (Å²) in [6, 6.07) is 23.2. The predicted molar refractivity (Wildman–Crippen MR) is 124 cm³/mol. The number of fused-ring (bicyclic) bond motifs is 1. The maximum atomic E-state index is 12.4. The molecule has 3 aromatic rings. The van der Waals surface area contributed by atoms with Crippen LogP contribution < -0.4 is 14.9 Å². The largest absolute Gasteiger partial charge is 0.367 e. The molecule has 0 saturated carbocycles. The first kappa shape index (κ1) is 20.9. The highest BCUT2D eigenvalue weighted by Gasteiger charge is 2.18. The summed E-state index contributed by atoms with van der Waals surface area (Å²) in [7, 11) is -3.34. The first-order valence-corrected chi connectivity index (χ1v) is 12.0. The number of anilines is 2. The molecule has 3 aromatic carbocycles. The molecule has 0 atom stereocenters. The van der Waals surface area contributed by atoms with E-state index in [1.165, 1.54) is 16.8 Å². The van der Waals surface area contributed by atoms with Gasteiger partial charge in [-0.05, 0) is 53.4 Å². The molecule has 1 aliphatic heterocycles. The van der Waals surface area contributed by atoms with Gasteiger partial charge in [-0.2, -0.15) is 0 Å². The van der Waals surface area contributed by atoms with Gasteiger partial charge in [-0.15, -0.1) is 0 Å². The monoisotopic (exact) mass is 435 g/mol. The Labute approximate surface area is 183 Å². The molecule has 1 heterocycles. The quantitative estimate of drug-likeness (QED) is 0.595. The minimum absolute atomic E-state index is 0.205. The molecule has 7 heteroatoms.